The van der Waals surface area contributed by atoms with Crippen LogP contribution in [-0.2, 0) is 6.54 Å². The van der Waals surface area contributed by atoms with Crippen molar-refractivity contribution in [2.24, 2.45) is 0 Å². The lowest BCUT2D eigenvalue weighted by atomic mass is 10.2. The number of imidazole rings is 1. The lowest BCUT2D eigenvalue weighted by Gasteiger charge is -2.03. The highest BCUT2D eigenvalue weighted by atomic mass is 16.4. The van der Waals surface area contributed by atoms with Crippen LogP contribution in [0.1, 0.15) is 16.1 Å². The van der Waals surface area contributed by atoms with Gasteiger partial charge in [-0.1, -0.05) is 0 Å². The lowest BCUT2D eigenvalue weighted by molar-refractivity contribution is 0.0697. The second-order valence-electron chi connectivity index (χ2n) is 4.08. The Morgan fingerprint density at radius 2 is 2.28 bits per heavy atom. The first-order valence-electron chi connectivity index (χ1n) is 5.54. The molecule has 0 saturated carbocycles. The smallest absolute Gasteiger partial charge is 0.335 e. The topological polar surface area (TPSA) is 70.9 Å². The van der Waals surface area contributed by atoms with Crippen molar-refractivity contribution in [3.8, 4) is 0 Å². The highest BCUT2D eigenvalue weighted by molar-refractivity contribution is 5.92. The van der Waals surface area contributed by atoms with Gasteiger partial charge in [0.15, 0.2) is 0 Å². The van der Waals surface area contributed by atoms with Crippen LogP contribution in [0.5, 0.6) is 0 Å². The summed E-state index contributed by atoms with van der Waals surface area (Å²) in [5, 5.41) is 8.99. The molecule has 5 nitrogen and oxygen atoms in total. The maximum Gasteiger partial charge on any atom is 0.335 e. The monoisotopic (exact) mass is 241 g/mol. The summed E-state index contributed by atoms with van der Waals surface area (Å²) in [5.74, 6) is -0.926. The van der Waals surface area contributed by atoms with Gasteiger partial charge >= 0.3 is 5.97 Å². The fraction of sp³-hybridized carbons (Fsp3) is 0.0769. The first kappa shape index (κ1) is 10.6. The summed E-state index contributed by atoms with van der Waals surface area (Å²) in [6.07, 6.45) is 3.58. The molecule has 2 heterocycles. The summed E-state index contributed by atoms with van der Waals surface area (Å²) in [7, 11) is 0. The molecule has 2 N–H and O–H groups in total. The molecule has 0 atom stereocenters. The van der Waals surface area contributed by atoms with Gasteiger partial charge in [-0.25, -0.2) is 9.78 Å². The van der Waals surface area contributed by atoms with Crippen molar-refractivity contribution in [3.63, 3.8) is 0 Å². The molecule has 0 bridgehead atoms. The van der Waals surface area contributed by atoms with E-state index < -0.39 is 5.97 Å². The number of nitrogens with zero attached hydrogens (tertiary/aromatic N) is 2. The number of aromatic carboxylic acids is 1. The van der Waals surface area contributed by atoms with Crippen molar-refractivity contribution in [1.82, 2.24) is 14.5 Å². The third-order valence-corrected chi connectivity index (χ3v) is 2.87. The lowest BCUT2D eigenvalue weighted by Crippen LogP contribution is -2.00. The molecule has 0 radical (unpaired) electrons. The van der Waals surface area contributed by atoms with Gasteiger partial charge in [-0.3, -0.25) is 0 Å². The summed E-state index contributed by atoms with van der Waals surface area (Å²) in [6, 6.07) is 8.85. The Kier molecular flexibility index (Phi) is 2.37. The zero-order chi connectivity index (χ0) is 12.5. The van der Waals surface area contributed by atoms with Gasteiger partial charge in [0.1, 0.15) is 0 Å². The highest BCUT2D eigenvalue weighted by Gasteiger charge is 2.08. The van der Waals surface area contributed by atoms with Gasteiger partial charge in [0.05, 0.1) is 29.5 Å². The molecule has 0 spiro atoms. The molecule has 0 aliphatic carbocycles. The van der Waals surface area contributed by atoms with Crippen LogP contribution in [0.4, 0.5) is 0 Å². The van der Waals surface area contributed by atoms with Crippen LogP contribution >= 0.6 is 0 Å². The maximum absolute atomic E-state index is 11.0. The molecule has 5 heteroatoms. The molecule has 3 rings (SSSR count). The van der Waals surface area contributed by atoms with Crippen molar-refractivity contribution >= 4 is 17.0 Å². The fourth-order valence-electron chi connectivity index (χ4n) is 1.97. The van der Waals surface area contributed by atoms with Gasteiger partial charge < -0.3 is 14.7 Å². The largest absolute Gasteiger partial charge is 0.478 e. The van der Waals surface area contributed by atoms with Crippen molar-refractivity contribution in [2.45, 2.75) is 6.54 Å². The predicted molar refractivity (Wildman–Crippen MR) is 66.6 cm³/mol. The van der Waals surface area contributed by atoms with E-state index in [9.17, 15) is 4.79 Å². The number of fused-ring (bicyclic) bond motifs is 1. The molecule has 0 amide bonds. The number of H-pyrrole nitrogens is 1. The van der Waals surface area contributed by atoms with Gasteiger partial charge in [0, 0.05) is 11.9 Å². The molecule has 0 unspecified atom stereocenters. The summed E-state index contributed by atoms with van der Waals surface area (Å²) < 4.78 is 1.92. The maximum atomic E-state index is 11.0. The summed E-state index contributed by atoms with van der Waals surface area (Å²) in [4.78, 5) is 18.3. The van der Waals surface area contributed by atoms with Crippen molar-refractivity contribution in [1.29, 1.82) is 0 Å². The van der Waals surface area contributed by atoms with E-state index in [4.69, 9.17) is 5.11 Å². The number of aromatic nitrogens is 3. The van der Waals surface area contributed by atoms with E-state index in [1.165, 1.54) is 0 Å². The van der Waals surface area contributed by atoms with Crippen LogP contribution in [0.2, 0.25) is 0 Å². The predicted octanol–water partition coefficient (Wildman–Crippen LogP) is 2.11. The van der Waals surface area contributed by atoms with Gasteiger partial charge in [-0.2, -0.15) is 0 Å². The van der Waals surface area contributed by atoms with Crippen LogP contribution in [0.15, 0.2) is 42.9 Å². The van der Waals surface area contributed by atoms with Gasteiger partial charge in [0.2, 0.25) is 0 Å². The minimum atomic E-state index is -0.926. The summed E-state index contributed by atoms with van der Waals surface area (Å²) in [6.45, 7) is 0.645. The van der Waals surface area contributed by atoms with E-state index in [0.717, 1.165) is 16.7 Å². The van der Waals surface area contributed by atoms with Crippen LogP contribution in [-0.4, -0.2) is 25.6 Å². The number of hydrogen-bond donors (Lipinski definition) is 2. The molecule has 1 aromatic carbocycles. The van der Waals surface area contributed by atoms with Crippen molar-refractivity contribution < 1.29 is 9.90 Å². The average Bonchev–Trinajstić information content (AvgIpc) is 2.99. The number of aromatic amines is 1. The number of carboxylic acids is 1. The second-order valence-corrected chi connectivity index (χ2v) is 4.08. The van der Waals surface area contributed by atoms with E-state index in [2.05, 4.69) is 9.97 Å². The SMILES string of the molecule is O=C(O)c1ccc2ncn(Cc3ccc[nH]3)c2c1. The summed E-state index contributed by atoms with van der Waals surface area (Å²) >= 11 is 0. The van der Waals surface area contributed by atoms with Crippen LogP contribution in [0.3, 0.4) is 0 Å². The Hall–Kier alpha value is -2.56. The molecular formula is C13H11N3O2. The number of hydrogen-bond acceptors (Lipinski definition) is 2. The Morgan fingerprint density at radius 3 is 3.00 bits per heavy atom. The number of nitrogens with one attached hydrogen (secondary N) is 1. The van der Waals surface area contributed by atoms with E-state index in [1.807, 2.05) is 22.9 Å². The van der Waals surface area contributed by atoms with Crippen LogP contribution < -0.4 is 0 Å². The zero-order valence-corrected chi connectivity index (χ0v) is 9.50. The average molecular weight is 241 g/mol. The Morgan fingerprint density at radius 1 is 1.39 bits per heavy atom. The molecular weight excluding hydrogens is 230 g/mol. The van der Waals surface area contributed by atoms with Gasteiger partial charge in [-0.05, 0) is 30.3 Å². The first-order chi connectivity index (χ1) is 8.74. The van der Waals surface area contributed by atoms with Crippen molar-refractivity contribution in [2.75, 3.05) is 0 Å². The van der Waals surface area contributed by atoms with Gasteiger partial charge in [0.25, 0.3) is 0 Å². The quantitative estimate of drug-likeness (QED) is 0.737. The molecule has 0 saturated heterocycles. The number of carbonyl (C=O) groups is 1. The van der Waals surface area contributed by atoms with E-state index in [1.54, 1.807) is 24.5 Å². The third kappa shape index (κ3) is 1.75. The third-order valence-electron chi connectivity index (χ3n) is 2.87. The molecule has 90 valence electrons. The van der Waals surface area contributed by atoms with Crippen LogP contribution in [0, 0.1) is 0 Å². The minimum Gasteiger partial charge on any atom is -0.478 e. The Labute approximate surface area is 103 Å². The second kappa shape index (κ2) is 4.03. The minimum absolute atomic E-state index is 0.274. The molecule has 3 aromatic rings. The van der Waals surface area contributed by atoms with E-state index >= 15 is 0 Å². The van der Waals surface area contributed by atoms with E-state index in [-0.39, 0.29) is 5.56 Å². The molecule has 2 aromatic heterocycles. The number of rotatable bonds is 3. The molecule has 0 aliphatic heterocycles. The first-order valence-corrected chi connectivity index (χ1v) is 5.54. The highest BCUT2D eigenvalue weighted by Crippen LogP contribution is 2.16. The fourth-order valence-corrected chi connectivity index (χ4v) is 1.97. The molecule has 18 heavy (non-hydrogen) atoms. The normalized spacial score (nSPS) is 10.9. The number of benzene rings is 1. The molecule has 0 aliphatic rings. The Bertz CT molecular complexity index is 698. The molecule has 0 fully saturated rings. The van der Waals surface area contributed by atoms with E-state index in [0.29, 0.717) is 6.54 Å². The van der Waals surface area contributed by atoms with Crippen molar-refractivity contribution in [3.05, 3.63) is 54.1 Å². The zero-order valence-electron chi connectivity index (χ0n) is 9.50. The summed E-state index contributed by atoms with van der Waals surface area (Å²) in [5.41, 5.74) is 2.95. The standard InChI is InChI=1S/C13H11N3O2/c17-13(18)9-3-4-11-12(6-9)16(8-15-11)7-10-2-1-5-14-10/h1-6,8,14H,7H2,(H,17,18). The van der Waals surface area contributed by atoms with Crippen LogP contribution in [0.25, 0.3) is 11.0 Å². The Balaban J connectivity index is 2.06. The van der Waals surface area contributed by atoms with Gasteiger partial charge in [-0.15, -0.1) is 0 Å². The number of carboxylic acid groups (broad SMARTS) is 1.